The lowest BCUT2D eigenvalue weighted by Crippen LogP contribution is -2.45. The molecule has 112 valence electrons. The summed E-state index contributed by atoms with van der Waals surface area (Å²) in [4.78, 5) is 11.1. The molecule has 3 nitrogen and oxygen atoms in total. The van der Waals surface area contributed by atoms with E-state index >= 15 is 0 Å². The van der Waals surface area contributed by atoms with E-state index in [9.17, 15) is 35.5 Å². The van der Waals surface area contributed by atoms with Crippen LogP contribution in [0.15, 0.2) is 18.2 Å². The van der Waals surface area contributed by atoms with E-state index in [1.54, 1.807) is 0 Å². The second-order valence-corrected chi connectivity index (χ2v) is 3.67. The van der Waals surface area contributed by atoms with Gasteiger partial charge in [0.1, 0.15) is 11.6 Å². The van der Waals surface area contributed by atoms with Crippen molar-refractivity contribution in [1.29, 1.82) is 0 Å². The number of alkyl halides is 6. The summed E-state index contributed by atoms with van der Waals surface area (Å²) in [6.45, 7) is 0. The smallest absolute Gasteiger partial charge is 0.409 e. The van der Waals surface area contributed by atoms with Crippen LogP contribution in [0.1, 0.15) is 0 Å². The van der Waals surface area contributed by atoms with Crippen molar-refractivity contribution in [3.05, 3.63) is 24.0 Å². The Kier molecular flexibility index (Phi) is 4.15. The standard InChI is InChI=1S/C10H6F7NO2/c11-5-3-4(19)1-2-6(5)18-8(20)7(9(12,13)14)10(15,16)17/h1-3,7,19H,(H,18,20). The maximum absolute atomic E-state index is 13.1. The zero-order valence-corrected chi connectivity index (χ0v) is 9.31. The van der Waals surface area contributed by atoms with Gasteiger partial charge in [-0.05, 0) is 12.1 Å². The molecule has 0 radical (unpaired) electrons. The van der Waals surface area contributed by atoms with Crippen molar-refractivity contribution < 1.29 is 40.6 Å². The van der Waals surface area contributed by atoms with Crippen LogP contribution in [0.25, 0.3) is 0 Å². The third kappa shape index (κ3) is 3.75. The van der Waals surface area contributed by atoms with Gasteiger partial charge in [0, 0.05) is 6.07 Å². The fraction of sp³-hybridized carbons (Fsp3) is 0.300. The molecule has 0 aliphatic rings. The van der Waals surface area contributed by atoms with Gasteiger partial charge in [0.05, 0.1) is 5.69 Å². The molecule has 0 aliphatic carbocycles. The van der Waals surface area contributed by atoms with Gasteiger partial charge in [0.15, 0.2) is 0 Å². The fourth-order valence-electron chi connectivity index (χ4n) is 1.29. The highest BCUT2D eigenvalue weighted by Gasteiger charge is 2.61. The van der Waals surface area contributed by atoms with E-state index in [4.69, 9.17) is 5.11 Å². The molecule has 0 heterocycles. The van der Waals surface area contributed by atoms with Crippen molar-refractivity contribution in [2.45, 2.75) is 12.4 Å². The maximum atomic E-state index is 13.1. The molecule has 0 aliphatic heterocycles. The van der Waals surface area contributed by atoms with E-state index in [1.807, 2.05) is 0 Å². The molecule has 0 spiro atoms. The van der Waals surface area contributed by atoms with Gasteiger partial charge in [-0.3, -0.25) is 4.79 Å². The molecule has 0 aromatic heterocycles. The zero-order chi connectivity index (χ0) is 15.7. The van der Waals surface area contributed by atoms with Gasteiger partial charge >= 0.3 is 12.4 Å². The van der Waals surface area contributed by atoms with Gasteiger partial charge in [-0.25, -0.2) is 4.39 Å². The number of hydrogen-bond donors (Lipinski definition) is 2. The summed E-state index contributed by atoms with van der Waals surface area (Å²) < 4.78 is 86.4. The molecular formula is C10H6F7NO2. The molecule has 1 aromatic rings. The third-order valence-corrected chi connectivity index (χ3v) is 2.13. The first-order chi connectivity index (χ1) is 8.93. The first-order valence-corrected chi connectivity index (χ1v) is 4.85. The summed E-state index contributed by atoms with van der Waals surface area (Å²) in [6, 6.07) is 1.84. The SMILES string of the molecule is O=C(Nc1ccc(O)cc1F)C(C(F)(F)F)C(F)(F)F. The Morgan fingerprint density at radius 3 is 2.00 bits per heavy atom. The Hall–Kier alpha value is -2.00. The highest BCUT2D eigenvalue weighted by Crippen LogP contribution is 2.40. The first-order valence-electron chi connectivity index (χ1n) is 4.85. The number of benzene rings is 1. The van der Waals surface area contributed by atoms with Crippen molar-refractivity contribution >= 4 is 11.6 Å². The number of phenols is 1. The molecule has 0 bridgehead atoms. The number of carbonyl (C=O) groups excluding carboxylic acids is 1. The van der Waals surface area contributed by atoms with Crippen LogP contribution in [0.2, 0.25) is 0 Å². The molecule has 0 unspecified atom stereocenters. The van der Waals surface area contributed by atoms with Gasteiger partial charge in [0.2, 0.25) is 11.8 Å². The molecule has 1 amide bonds. The first kappa shape index (κ1) is 16.1. The van der Waals surface area contributed by atoms with E-state index in [2.05, 4.69) is 0 Å². The average molecular weight is 305 g/mol. The number of halogens is 7. The lowest BCUT2D eigenvalue weighted by atomic mass is 10.1. The third-order valence-electron chi connectivity index (χ3n) is 2.13. The van der Waals surface area contributed by atoms with Gasteiger partial charge in [-0.2, -0.15) is 26.3 Å². The quantitative estimate of drug-likeness (QED) is 0.651. The van der Waals surface area contributed by atoms with Gasteiger partial charge in [-0.1, -0.05) is 0 Å². The second kappa shape index (κ2) is 5.17. The Labute approximate surface area is 107 Å². The topological polar surface area (TPSA) is 49.3 Å². The van der Waals surface area contributed by atoms with Gasteiger partial charge in [0.25, 0.3) is 0 Å². The van der Waals surface area contributed by atoms with Gasteiger partial charge < -0.3 is 10.4 Å². The van der Waals surface area contributed by atoms with Crippen LogP contribution < -0.4 is 5.32 Å². The fourth-order valence-corrected chi connectivity index (χ4v) is 1.29. The maximum Gasteiger partial charge on any atom is 0.409 e. The van der Waals surface area contributed by atoms with Crippen LogP contribution in [0.3, 0.4) is 0 Å². The molecule has 20 heavy (non-hydrogen) atoms. The molecule has 1 aromatic carbocycles. The summed E-state index contributed by atoms with van der Waals surface area (Å²) >= 11 is 0. The van der Waals surface area contributed by atoms with Crippen LogP contribution in [0, 0.1) is 11.7 Å². The van der Waals surface area contributed by atoms with Crippen LogP contribution >= 0.6 is 0 Å². The lowest BCUT2D eigenvalue weighted by molar-refractivity contribution is -0.272. The number of nitrogens with one attached hydrogen (secondary N) is 1. The minimum Gasteiger partial charge on any atom is -0.508 e. The van der Waals surface area contributed by atoms with Crippen molar-refractivity contribution in [3.8, 4) is 5.75 Å². The Bertz CT molecular complexity index is 495. The number of aromatic hydroxyl groups is 1. The molecule has 0 atom stereocenters. The minimum atomic E-state index is -5.87. The van der Waals surface area contributed by atoms with Gasteiger partial charge in [-0.15, -0.1) is 0 Å². The summed E-state index contributed by atoms with van der Waals surface area (Å²) in [6.07, 6.45) is -11.7. The predicted molar refractivity (Wildman–Crippen MR) is 52.3 cm³/mol. The number of anilines is 1. The normalized spacial score (nSPS) is 12.6. The number of hydrogen-bond acceptors (Lipinski definition) is 2. The van der Waals surface area contributed by atoms with E-state index in [0.717, 1.165) is 6.07 Å². The summed E-state index contributed by atoms with van der Waals surface area (Å²) in [5.74, 6) is -8.72. The van der Waals surface area contributed by atoms with Crippen molar-refractivity contribution in [2.75, 3.05) is 5.32 Å². The number of carbonyl (C=O) groups is 1. The van der Waals surface area contributed by atoms with E-state index in [1.165, 1.54) is 5.32 Å². The van der Waals surface area contributed by atoms with E-state index in [0.29, 0.717) is 12.1 Å². The second-order valence-electron chi connectivity index (χ2n) is 3.67. The lowest BCUT2D eigenvalue weighted by Gasteiger charge is -2.22. The predicted octanol–water partition coefficient (Wildman–Crippen LogP) is 3.21. The van der Waals surface area contributed by atoms with E-state index in [-0.39, 0.29) is 0 Å². The molecular weight excluding hydrogens is 299 g/mol. The molecule has 2 N–H and O–H groups in total. The molecule has 0 fully saturated rings. The summed E-state index contributed by atoms with van der Waals surface area (Å²) in [7, 11) is 0. The Balaban J connectivity index is 3.04. The zero-order valence-electron chi connectivity index (χ0n) is 9.31. The molecule has 0 saturated heterocycles. The van der Waals surface area contributed by atoms with E-state index < -0.39 is 41.4 Å². The van der Waals surface area contributed by atoms with Crippen LogP contribution in [-0.2, 0) is 4.79 Å². The summed E-state index contributed by atoms with van der Waals surface area (Å²) in [5.41, 5.74) is -0.911. The highest BCUT2D eigenvalue weighted by atomic mass is 19.4. The monoisotopic (exact) mass is 305 g/mol. The number of rotatable bonds is 2. The minimum absolute atomic E-state index is 0.422. The highest BCUT2D eigenvalue weighted by molar-refractivity contribution is 5.93. The molecule has 0 saturated carbocycles. The number of amides is 1. The van der Waals surface area contributed by atoms with Crippen molar-refractivity contribution in [3.63, 3.8) is 0 Å². The Morgan fingerprint density at radius 2 is 1.60 bits per heavy atom. The molecule has 10 heteroatoms. The number of phenolic OH excluding ortho intramolecular Hbond substituents is 1. The Morgan fingerprint density at radius 1 is 1.10 bits per heavy atom. The van der Waals surface area contributed by atoms with Crippen molar-refractivity contribution in [2.24, 2.45) is 5.92 Å². The average Bonchev–Trinajstić information content (AvgIpc) is 2.17. The van der Waals surface area contributed by atoms with Crippen molar-refractivity contribution in [1.82, 2.24) is 0 Å². The van der Waals surface area contributed by atoms with Crippen LogP contribution in [0.5, 0.6) is 5.75 Å². The largest absolute Gasteiger partial charge is 0.508 e. The molecule has 1 rings (SSSR count). The van der Waals surface area contributed by atoms with Crippen LogP contribution in [-0.4, -0.2) is 23.4 Å². The van der Waals surface area contributed by atoms with Crippen LogP contribution in [0.4, 0.5) is 36.4 Å². The summed E-state index contributed by atoms with van der Waals surface area (Å²) in [5, 5.41) is 10.0.